The molecular formula is C11H13ClFNO4S. The highest BCUT2D eigenvalue weighted by atomic mass is 35.7. The Morgan fingerprint density at radius 1 is 1.47 bits per heavy atom. The molecule has 0 atom stereocenters. The molecule has 0 aromatic heterocycles. The number of rotatable bonds is 5. The van der Waals surface area contributed by atoms with Gasteiger partial charge >= 0.3 is 0 Å². The lowest BCUT2D eigenvalue weighted by molar-refractivity contribution is 0.0953. The van der Waals surface area contributed by atoms with Gasteiger partial charge in [0.2, 0.25) is 0 Å². The Bertz CT molecular complexity index is 589. The van der Waals surface area contributed by atoms with Gasteiger partial charge < -0.3 is 10.1 Å². The molecule has 1 aromatic rings. The van der Waals surface area contributed by atoms with Crippen LogP contribution in [-0.4, -0.2) is 28.0 Å². The molecule has 0 aliphatic heterocycles. The van der Waals surface area contributed by atoms with Crippen LogP contribution in [0, 0.1) is 5.82 Å². The Balaban J connectivity index is 3.32. The molecule has 1 aromatic carbocycles. The predicted octanol–water partition coefficient (Wildman–Crippen LogP) is 1.90. The van der Waals surface area contributed by atoms with Crippen LogP contribution in [0.1, 0.15) is 23.7 Å². The van der Waals surface area contributed by atoms with E-state index in [-0.39, 0.29) is 5.56 Å². The van der Waals surface area contributed by atoms with Gasteiger partial charge in [-0.3, -0.25) is 4.79 Å². The van der Waals surface area contributed by atoms with E-state index < -0.39 is 31.4 Å². The number of ether oxygens (including phenoxy) is 1. The maximum Gasteiger partial charge on any atom is 0.265 e. The molecule has 8 heteroatoms. The molecule has 0 heterocycles. The molecule has 19 heavy (non-hydrogen) atoms. The molecule has 106 valence electrons. The molecule has 0 aliphatic carbocycles. The van der Waals surface area contributed by atoms with E-state index in [0.29, 0.717) is 13.0 Å². The van der Waals surface area contributed by atoms with E-state index in [1.165, 1.54) is 0 Å². The number of carbonyl (C=O) groups is 1. The first-order chi connectivity index (χ1) is 8.81. The number of hydrogen-bond donors (Lipinski definition) is 1. The maximum atomic E-state index is 13.7. The average molecular weight is 310 g/mol. The van der Waals surface area contributed by atoms with E-state index in [0.717, 1.165) is 19.2 Å². The molecule has 0 saturated carbocycles. The lowest BCUT2D eigenvalue weighted by atomic mass is 10.2. The summed E-state index contributed by atoms with van der Waals surface area (Å²) in [6.45, 7) is 2.25. The molecule has 0 spiro atoms. The van der Waals surface area contributed by atoms with Crippen molar-refractivity contribution in [2.45, 2.75) is 18.2 Å². The van der Waals surface area contributed by atoms with Crippen molar-refractivity contribution in [2.24, 2.45) is 0 Å². The van der Waals surface area contributed by atoms with E-state index in [1.807, 2.05) is 6.92 Å². The van der Waals surface area contributed by atoms with E-state index in [2.05, 4.69) is 10.1 Å². The van der Waals surface area contributed by atoms with Gasteiger partial charge in [0.25, 0.3) is 15.0 Å². The van der Waals surface area contributed by atoms with Gasteiger partial charge in [0.05, 0.1) is 7.11 Å². The van der Waals surface area contributed by atoms with Gasteiger partial charge in [0.15, 0.2) is 11.6 Å². The molecule has 5 nitrogen and oxygen atoms in total. The van der Waals surface area contributed by atoms with E-state index in [9.17, 15) is 17.6 Å². The van der Waals surface area contributed by atoms with Gasteiger partial charge in [-0.2, -0.15) is 0 Å². The minimum Gasteiger partial charge on any atom is -0.492 e. The van der Waals surface area contributed by atoms with Gasteiger partial charge in [0.1, 0.15) is 4.90 Å². The Morgan fingerprint density at radius 2 is 2.11 bits per heavy atom. The number of hydrogen-bond acceptors (Lipinski definition) is 4. The molecule has 0 unspecified atom stereocenters. The topological polar surface area (TPSA) is 72.5 Å². The second kappa shape index (κ2) is 6.21. The predicted molar refractivity (Wildman–Crippen MR) is 68.6 cm³/mol. The van der Waals surface area contributed by atoms with Crippen molar-refractivity contribution in [2.75, 3.05) is 13.7 Å². The highest BCUT2D eigenvalue weighted by Gasteiger charge is 2.23. The zero-order valence-corrected chi connectivity index (χ0v) is 11.9. The summed E-state index contributed by atoms with van der Waals surface area (Å²) in [5, 5.41) is 2.51. The number of nitrogens with one attached hydrogen (secondary N) is 1. The smallest absolute Gasteiger partial charge is 0.265 e. The summed E-state index contributed by atoms with van der Waals surface area (Å²) in [5.74, 6) is -2.06. The van der Waals surface area contributed by atoms with Crippen LogP contribution < -0.4 is 10.1 Å². The zero-order chi connectivity index (χ0) is 14.6. The average Bonchev–Trinajstić information content (AvgIpc) is 2.33. The quantitative estimate of drug-likeness (QED) is 0.843. The summed E-state index contributed by atoms with van der Waals surface area (Å²) >= 11 is 0. The summed E-state index contributed by atoms with van der Waals surface area (Å²) < 4.78 is 41.0. The van der Waals surface area contributed by atoms with Crippen molar-refractivity contribution in [3.8, 4) is 5.75 Å². The molecule has 0 bridgehead atoms. The minimum absolute atomic E-state index is 0.133. The van der Waals surface area contributed by atoms with Crippen LogP contribution in [0.4, 0.5) is 4.39 Å². The third-order valence-corrected chi connectivity index (χ3v) is 3.60. The summed E-state index contributed by atoms with van der Waals surface area (Å²) in [5.41, 5.74) is -0.133. The fourth-order valence-electron chi connectivity index (χ4n) is 1.42. The van der Waals surface area contributed by atoms with Gasteiger partial charge in [0, 0.05) is 22.8 Å². The largest absolute Gasteiger partial charge is 0.492 e. The van der Waals surface area contributed by atoms with Crippen LogP contribution >= 0.6 is 10.7 Å². The van der Waals surface area contributed by atoms with Gasteiger partial charge in [-0.15, -0.1) is 0 Å². The highest BCUT2D eigenvalue weighted by Crippen LogP contribution is 2.30. The van der Waals surface area contributed by atoms with Crippen LogP contribution in [0.2, 0.25) is 0 Å². The third kappa shape index (κ3) is 3.81. The summed E-state index contributed by atoms with van der Waals surface area (Å²) in [4.78, 5) is 11.1. The molecule has 0 saturated heterocycles. The molecule has 1 N–H and O–H groups in total. The van der Waals surface area contributed by atoms with Crippen LogP contribution in [0.25, 0.3) is 0 Å². The van der Waals surface area contributed by atoms with Crippen molar-refractivity contribution in [1.82, 2.24) is 5.32 Å². The van der Waals surface area contributed by atoms with Gasteiger partial charge in [-0.25, -0.2) is 12.8 Å². The SMILES string of the molecule is CCCNC(=O)c1cc(F)c(OC)c(S(=O)(=O)Cl)c1. The van der Waals surface area contributed by atoms with Crippen molar-refractivity contribution in [3.63, 3.8) is 0 Å². The first-order valence-corrected chi connectivity index (χ1v) is 7.72. The van der Waals surface area contributed by atoms with Crippen molar-refractivity contribution < 1.29 is 22.3 Å². The fraction of sp³-hybridized carbons (Fsp3) is 0.364. The zero-order valence-electron chi connectivity index (χ0n) is 10.4. The highest BCUT2D eigenvalue weighted by molar-refractivity contribution is 8.13. The number of benzene rings is 1. The molecule has 0 aliphatic rings. The van der Waals surface area contributed by atoms with Crippen molar-refractivity contribution in [3.05, 3.63) is 23.5 Å². The van der Waals surface area contributed by atoms with Crippen LogP contribution in [0.3, 0.4) is 0 Å². The molecule has 0 fully saturated rings. The standard InChI is InChI=1S/C11H13ClFNO4S/c1-3-4-14-11(15)7-5-8(13)10(18-2)9(6-7)19(12,16)17/h5-6H,3-4H2,1-2H3,(H,14,15). The maximum absolute atomic E-state index is 13.7. The second-order valence-corrected chi connectivity index (χ2v) is 6.22. The summed E-state index contributed by atoms with van der Waals surface area (Å²) in [6, 6.07) is 1.88. The van der Waals surface area contributed by atoms with Gasteiger partial charge in [-0.05, 0) is 18.6 Å². The second-order valence-electron chi connectivity index (χ2n) is 3.68. The third-order valence-electron chi connectivity index (χ3n) is 2.27. The van der Waals surface area contributed by atoms with Crippen LogP contribution in [-0.2, 0) is 9.05 Å². The van der Waals surface area contributed by atoms with Crippen molar-refractivity contribution >= 4 is 25.6 Å². The number of amides is 1. The van der Waals surface area contributed by atoms with Gasteiger partial charge in [-0.1, -0.05) is 6.92 Å². The molecule has 1 amide bonds. The number of methoxy groups -OCH3 is 1. The summed E-state index contributed by atoms with van der Waals surface area (Å²) in [7, 11) is 2.08. The first kappa shape index (κ1) is 15.7. The van der Waals surface area contributed by atoms with Crippen LogP contribution in [0.5, 0.6) is 5.75 Å². The fourth-order valence-corrected chi connectivity index (χ4v) is 2.43. The lowest BCUT2D eigenvalue weighted by Gasteiger charge is -2.10. The van der Waals surface area contributed by atoms with E-state index in [1.54, 1.807) is 0 Å². The van der Waals surface area contributed by atoms with Crippen molar-refractivity contribution in [1.29, 1.82) is 0 Å². The summed E-state index contributed by atoms with van der Waals surface area (Å²) in [6.07, 6.45) is 0.699. The minimum atomic E-state index is -4.22. The van der Waals surface area contributed by atoms with E-state index >= 15 is 0 Å². The normalized spacial score (nSPS) is 11.2. The van der Waals surface area contributed by atoms with E-state index in [4.69, 9.17) is 10.7 Å². The van der Waals surface area contributed by atoms with Crippen LogP contribution in [0.15, 0.2) is 17.0 Å². The molecule has 1 rings (SSSR count). The lowest BCUT2D eigenvalue weighted by Crippen LogP contribution is -2.24. The number of carbonyl (C=O) groups excluding carboxylic acids is 1. The monoisotopic (exact) mass is 309 g/mol. The molecule has 0 radical (unpaired) electrons. The Hall–Kier alpha value is -1.34. The first-order valence-electron chi connectivity index (χ1n) is 5.41. The Kier molecular flexibility index (Phi) is 5.13. The Labute approximate surface area is 115 Å². The Morgan fingerprint density at radius 3 is 2.58 bits per heavy atom. The molecular weight excluding hydrogens is 297 g/mol. The number of halogens is 2.